The van der Waals surface area contributed by atoms with Crippen LogP contribution in [0.1, 0.15) is 52.4 Å². The van der Waals surface area contributed by atoms with Crippen molar-refractivity contribution in [3.05, 3.63) is 0 Å². The normalized spacial score (nSPS) is 30.3. The van der Waals surface area contributed by atoms with E-state index < -0.39 is 11.9 Å². The fourth-order valence-corrected chi connectivity index (χ4v) is 3.33. The molecule has 0 aliphatic heterocycles. The molecule has 3 atom stereocenters. The lowest BCUT2D eigenvalue weighted by Crippen LogP contribution is -2.41. The van der Waals surface area contributed by atoms with Gasteiger partial charge in [-0.1, -0.05) is 20.3 Å². The van der Waals surface area contributed by atoms with Gasteiger partial charge >= 0.3 is 5.97 Å². The van der Waals surface area contributed by atoms with Gasteiger partial charge in [0.15, 0.2) is 0 Å². The highest BCUT2D eigenvalue weighted by molar-refractivity contribution is 5.85. The zero-order chi connectivity index (χ0) is 14.0. The minimum atomic E-state index is -0.790. The molecule has 4 nitrogen and oxygen atoms in total. The predicted octanol–water partition coefficient (Wildman–Crippen LogP) is 2.52. The van der Waals surface area contributed by atoms with E-state index in [0.717, 1.165) is 38.6 Å². The lowest BCUT2D eigenvalue weighted by atomic mass is 9.94. The molecule has 2 saturated carbocycles. The van der Waals surface area contributed by atoms with Crippen LogP contribution in [0.3, 0.4) is 0 Å². The van der Waals surface area contributed by atoms with Gasteiger partial charge < -0.3 is 10.0 Å². The molecule has 2 rings (SSSR count). The molecule has 2 aliphatic rings. The third-order valence-corrected chi connectivity index (χ3v) is 4.61. The maximum atomic E-state index is 12.7. The first-order valence-electron chi connectivity index (χ1n) is 7.61. The van der Waals surface area contributed by atoms with Gasteiger partial charge in [0.1, 0.15) is 0 Å². The zero-order valence-corrected chi connectivity index (χ0v) is 12.0. The van der Waals surface area contributed by atoms with Gasteiger partial charge in [-0.3, -0.25) is 9.59 Å². The quantitative estimate of drug-likeness (QED) is 0.804. The first kappa shape index (κ1) is 14.4. The topological polar surface area (TPSA) is 57.6 Å². The Morgan fingerprint density at radius 2 is 1.79 bits per heavy atom. The Hall–Kier alpha value is -1.06. The molecule has 0 bridgehead atoms. The Labute approximate surface area is 115 Å². The molecule has 2 aliphatic carbocycles. The van der Waals surface area contributed by atoms with Crippen molar-refractivity contribution in [1.82, 2.24) is 4.90 Å². The van der Waals surface area contributed by atoms with Crippen LogP contribution in [0.15, 0.2) is 0 Å². The van der Waals surface area contributed by atoms with Crippen LogP contribution in [0, 0.1) is 17.8 Å². The zero-order valence-electron chi connectivity index (χ0n) is 12.0. The van der Waals surface area contributed by atoms with E-state index in [-0.39, 0.29) is 11.8 Å². The number of carbonyl (C=O) groups excluding carboxylic acids is 1. The Morgan fingerprint density at radius 3 is 2.26 bits per heavy atom. The van der Waals surface area contributed by atoms with E-state index in [9.17, 15) is 14.7 Å². The number of nitrogens with zero attached hydrogens (tertiary/aromatic N) is 1. The van der Waals surface area contributed by atoms with Crippen molar-refractivity contribution in [3.63, 3.8) is 0 Å². The number of carboxylic acid groups (broad SMARTS) is 1. The molecule has 2 fully saturated rings. The van der Waals surface area contributed by atoms with Crippen LogP contribution >= 0.6 is 0 Å². The second kappa shape index (κ2) is 5.93. The van der Waals surface area contributed by atoms with Crippen LogP contribution in [0.5, 0.6) is 0 Å². The molecule has 0 aromatic carbocycles. The number of hydrogen-bond acceptors (Lipinski definition) is 2. The summed E-state index contributed by atoms with van der Waals surface area (Å²) in [5.41, 5.74) is 0. The van der Waals surface area contributed by atoms with Crippen molar-refractivity contribution >= 4 is 11.9 Å². The van der Waals surface area contributed by atoms with E-state index in [4.69, 9.17) is 0 Å². The highest BCUT2D eigenvalue weighted by atomic mass is 16.4. The number of hydrogen-bond donors (Lipinski definition) is 1. The van der Waals surface area contributed by atoms with Crippen molar-refractivity contribution in [2.24, 2.45) is 17.8 Å². The van der Waals surface area contributed by atoms with E-state index in [1.165, 1.54) is 0 Å². The SMILES string of the molecule is CCCN(C(=O)C1CC(CC)CC1C(=O)O)C1CC1. The number of rotatable bonds is 6. The summed E-state index contributed by atoms with van der Waals surface area (Å²) < 4.78 is 0. The van der Waals surface area contributed by atoms with Gasteiger partial charge in [-0.2, -0.15) is 0 Å². The molecule has 19 heavy (non-hydrogen) atoms. The van der Waals surface area contributed by atoms with Gasteiger partial charge in [0.2, 0.25) is 5.91 Å². The van der Waals surface area contributed by atoms with E-state index in [1.807, 2.05) is 4.90 Å². The van der Waals surface area contributed by atoms with Crippen molar-refractivity contribution in [1.29, 1.82) is 0 Å². The van der Waals surface area contributed by atoms with E-state index in [1.54, 1.807) is 0 Å². The Balaban J connectivity index is 2.08. The molecule has 3 unspecified atom stereocenters. The summed E-state index contributed by atoms with van der Waals surface area (Å²) in [5.74, 6) is -1.03. The van der Waals surface area contributed by atoms with Crippen molar-refractivity contribution in [2.45, 2.75) is 58.4 Å². The van der Waals surface area contributed by atoms with E-state index in [2.05, 4.69) is 13.8 Å². The number of carboxylic acids is 1. The van der Waals surface area contributed by atoms with Crippen LogP contribution in [0.25, 0.3) is 0 Å². The molecule has 0 heterocycles. The van der Waals surface area contributed by atoms with Gasteiger partial charge in [-0.25, -0.2) is 0 Å². The van der Waals surface area contributed by atoms with E-state index >= 15 is 0 Å². The summed E-state index contributed by atoms with van der Waals surface area (Å²) >= 11 is 0. The smallest absolute Gasteiger partial charge is 0.307 e. The molecule has 108 valence electrons. The fourth-order valence-electron chi connectivity index (χ4n) is 3.33. The third-order valence-electron chi connectivity index (χ3n) is 4.61. The lowest BCUT2D eigenvalue weighted by Gasteiger charge is -2.27. The highest BCUT2D eigenvalue weighted by Crippen LogP contribution is 2.41. The largest absolute Gasteiger partial charge is 0.481 e. The summed E-state index contributed by atoms with van der Waals surface area (Å²) in [6, 6.07) is 0.391. The first-order chi connectivity index (χ1) is 9.08. The molecule has 0 aromatic rings. The number of aliphatic carboxylic acids is 1. The van der Waals surface area contributed by atoms with Crippen molar-refractivity contribution < 1.29 is 14.7 Å². The fraction of sp³-hybridized carbons (Fsp3) is 0.867. The molecule has 0 saturated heterocycles. The molecule has 4 heteroatoms. The minimum Gasteiger partial charge on any atom is -0.481 e. The summed E-state index contributed by atoms with van der Waals surface area (Å²) in [6.07, 6.45) is 5.54. The summed E-state index contributed by atoms with van der Waals surface area (Å²) in [4.78, 5) is 26.0. The molecule has 0 spiro atoms. The van der Waals surface area contributed by atoms with Crippen molar-refractivity contribution in [2.75, 3.05) is 6.54 Å². The van der Waals surface area contributed by atoms with Crippen LogP contribution in [0.2, 0.25) is 0 Å². The van der Waals surface area contributed by atoms with Gasteiger partial charge in [0.25, 0.3) is 0 Å². The average Bonchev–Trinajstić information content (AvgIpc) is 3.12. The number of amides is 1. The van der Waals surface area contributed by atoms with Crippen LogP contribution < -0.4 is 0 Å². The first-order valence-corrected chi connectivity index (χ1v) is 7.61. The van der Waals surface area contributed by atoms with Gasteiger partial charge in [0.05, 0.1) is 11.8 Å². The minimum absolute atomic E-state index is 0.104. The van der Waals surface area contributed by atoms with Gasteiger partial charge in [0, 0.05) is 12.6 Å². The number of carbonyl (C=O) groups is 2. The van der Waals surface area contributed by atoms with E-state index in [0.29, 0.717) is 18.4 Å². The van der Waals surface area contributed by atoms with Crippen LogP contribution in [-0.2, 0) is 9.59 Å². The highest BCUT2D eigenvalue weighted by Gasteiger charge is 2.45. The summed E-state index contributed by atoms with van der Waals surface area (Å²) in [5, 5.41) is 9.34. The van der Waals surface area contributed by atoms with Gasteiger partial charge in [-0.05, 0) is 38.0 Å². The monoisotopic (exact) mass is 267 g/mol. The Kier molecular flexibility index (Phi) is 4.48. The third kappa shape index (κ3) is 3.10. The Morgan fingerprint density at radius 1 is 1.16 bits per heavy atom. The lowest BCUT2D eigenvalue weighted by molar-refractivity contribution is -0.149. The Bertz CT molecular complexity index is 351. The van der Waals surface area contributed by atoms with Crippen LogP contribution in [0.4, 0.5) is 0 Å². The maximum Gasteiger partial charge on any atom is 0.307 e. The predicted molar refractivity (Wildman–Crippen MR) is 72.7 cm³/mol. The molecule has 0 radical (unpaired) electrons. The average molecular weight is 267 g/mol. The standard InChI is InChI=1S/C15H25NO3/c1-3-7-16(11-5-6-11)14(17)12-8-10(4-2)9-13(12)15(18)19/h10-13H,3-9H2,1-2H3,(H,18,19). The van der Waals surface area contributed by atoms with Crippen LogP contribution in [-0.4, -0.2) is 34.5 Å². The molecular formula is C15H25NO3. The summed E-state index contributed by atoms with van der Waals surface area (Å²) in [7, 11) is 0. The molecule has 1 N–H and O–H groups in total. The second-order valence-electron chi connectivity index (χ2n) is 6.06. The molecule has 0 aromatic heterocycles. The molecular weight excluding hydrogens is 242 g/mol. The van der Waals surface area contributed by atoms with Gasteiger partial charge in [-0.15, -0.1) is 0 Å². The second-order valence-corrected chi connectivity index (χ2v) is 6.06. The van der Waals surface area contributed by atoms with Crippen molar-refractivity contribution in [3.8, 4) is 0 Å². The summed E-state index contributed by atoms with van der Waals surface area (Å²) in [6.45, 7) is 4.94. The maximum absolute atomic E-state index is 12.7. The molecule has 1 amide bonds.